The number of aromatic nitrogens is 2. The minimum Gasteiger partial charge on any atom is -0.497 e. The number of amidine groups is 1. The Bertz CT molecular complexity index is 2770. The third-order valence-corrected chi connectivity index (χ3v) is 13.0. The average Bonchev–Trinajstić information content (AvgIpc) is 3.81. The third kappa shape index (κ3) is 8.64. The Morgan fingerprint density at radius 3 is 2.29 bits per heavy atom. The molecule has 0 spiro atoms. The molecule has 4 aliphatic heterocycles. The Kier molecular flexibility index (Phi) is 12.2. The average molecular weight is 962 g/mol. The van der Waals surface area contributed by atoms with Crippen LogP contribution in [0.3, 0.4) is 0 Å². The molecular weight excluding hydrogens is 917 g/mol. The molecular formula is C48H45ClF5N7O7. The lowest BCUT2D eigenvalue weighted by Gasteiger charge is -2.42. The van der Waals surface area contributed by atoms with E-state index >= 15 is 17.6 Å². The van der Waals surface area contributed by atoms with Crippen molar-refractivity contribution in [1.29, 1.82) is 0 Å². The molecule has 2 aromatic heterocycles. The van der Waals surface area contributed by atoms with Crippen molar-refractivity contribution in [2.24, 2.45) is 10.4 Å². The topological polar surface area (TPSA) is 152 Å². The summed E-state index contributed by atoms with van der Waals surface area (Å²) in [5, 5.41) is 14.5. The highest BCUT2D eigenvalue weighted by atomic mass is 35.5. The number of amides is 1. The number of aliphatic imine (C=N–C) groups is 1. The largest absolute Gasteiger partial charge is 0.497 e. The highest BCUT2D eigenvalue weighted by Crippen LogP contribution is 2.58. The smallest absolute Gasteiger partial charge is 0.418 e. The number of hydrogen-bond acceptors (Lipinski definition) is 12. The molecule has 3 fully saturated rings. The summed E-state index contributed by atoms with van der Waals surface area (Å²) in [4.78, 5) is 28.7. The number of methoxy groups -OCH3 is 2. The van der Waals surface area contributed by atoms with E-state index in [-0.39, 0.29) is 73.2 Å². The lowest BCUT2D eigenvalue weighted by atomic mass is 9.63. The van der Waals surface area contributed by atoms with Crippen LogP contribution in [0.15, 0.2) is 90.1 Å². The van der Waals surface area contributed by atoms with Crippen molar-refractivity contribution in [1.82, 2.24) is 14.9 Å². The highest BCUT2D eigenvalue weighted by Gasteiger charge is 2.63. The molecule has 10 rings (SSSR count). The van der Waals surface area contributed by atoms with E-state index in [1.54, 1.807) is 53.1 Å². The number of pyridine rings is 2. The number of anilines is 3. The van der Waals surface area contributed by atoms with Crippen LogP contribution in [0.25, 0.3) is 11.3 Å². The summed E-state index contributed by atoms with van der Waals surface area (Å²) in [6.07, 6.45) is -2.89. The standard InChI is InChI=1S/C48H45ClF5N7O7/c1-26-16-33(60(17-28-7-11-30(64-3)12-8-28)18-29-9-13-31(65-4)14-10-29)58-40(37(26)48(52,53)54)35-38(49)41-36-42(39(35)51)68-34(66-23-46-20-47(21-46,22-50)67-24-46)19-61(44(36)57-25-56-41)27(2)32-6-5-15-55-43(32)59-45(62)63/h5-16,19,27,56H,17-18,20-25H2,1-4H3,(H,55,59)(H,62,63). The first-order valence-electron chi connectivity index (χ1n) is 21.4. The lowest BCUT2D eigenvalue weighted by molar-refractivity contribution is -0.137. The normalized spacial score (nSPS) is 19.5. The number of hydrogen-bond donors (Lipinski definition) is 3. The molecule has 6 heterocycles. The summed E-state index contributed by atoms with van der Waals surface area (Å²) >= 11 is 7.17. The summed E-state index contributed by atoms with van der Waals surface area (Å²) in [6, 6.07) is 18.1. The fraction of sp³-hybridized carbons (Fsp3) is 0.333. The van der Waals surface area contributed by atoms with Crippen molar-refractivity contribution in [2.75, 3.05) is 56.3 Å². The maximum Gasteiger partial charge on any atom is 0.418 e. The molecule has 1 aliphatic carbocycles. The number of halogens is 6. The van der Waals surface area contributed by atoms with Gasteiger partial charge in [-0.15, -0.1) is 0 Å². The minimum atomic E-state index is -5.05. The molecule has 3 aromatic carbocycles. The van der Waals surface area contributed by atoms with E-state index in [0.717, 1.165) is 11.1 Å². The minimum absolute atomic E-state index is 0.00358. The molecule has 1 unspecified atom stereocenters. The number of nitrogens with zero attached hydrogens (tertiary/aromatic N) is 5. The van der Waals surface area contributed by atoms with E-state index in [9.17, 15) is 14.3 Å². The van der Waals surface area contributed by atoms with Gasteiger partial charge >= 0.3 is 18.2 Å². The number of alkyl halides is 4. The van der Waals surface area contributed by atoms with Gasteiger partial charge < -0.3 is 43.9 Å². The SMILES string of the molecule is COc1ccc(CN(Cc2ccc(OC)cc2)c2cc(C)c(C(F)(F)F)c(-c3c(F)c4c5c(c3Cl)NCN=C5N(C(C)c3cccnc3NC(=O)O)C=C(OCC35COC(CF)(C3)C5)O4)n2)cc1. The van der Waals surface area contributed by atoms with Crippen LogP contribution >= 0.6 is 11.6 Å². The molecule has 14 nitrogen and oxygen atoms in total. The number of rotatable bonds is 15. The van der Waals surface area contributed by atoms with Crippen molar-refractivity contribution in [2.45, 2.75) is 57.6 Å². The van der Waals surface area contributed by atoms with Gasteiger partial charge in [0.1, 0.15) is 42.3 Å². The predicted octanol–water partition coefficient (Wildman–Crippen LogP) is 10.5. The number of carbonyl (C=O) groups is 1. The molecule has 2 bridgehead atoms. The van der Waals surface area contributed by atoms with E-state index in [1.165, 1.54) is 39.6 Å². The zero-order valence-electron chi connectivity index (χ0n) is 37.1. The Morgan fingerprint density at radius 2 is 1.71 bits per heavy atom. The van der Waals surface area contributed by atoms with Gasteiger partial charge in [-0.05, 0) is 79.8 Å². The predicted molar refractivity (Wildman–Crippen MR) is 242 cm³/mol. The number of fused-ring (bicyclic) bond motifs is 1. The molecule has 1 atom stereocenters. The zero-order chi connectivity index (χ0) is 48.1. The zero-order valence-corrected chi connectivity index (χ0v) is 37.9. The van der Waals surface area contributed by atoms with Gasteiger partial charge in [-0.1, -0.05) is 41.9 Å². The monoisotopic (exact) mass is 961 g/mol. The van der Waals surface area contributed by atoms with E-state index < -0.39 is 69.4 Å². The molecule has 5 aromatic rings. The first kappa shape index (κ1) is 46.3. The van der Waals surface area contributed by atoms with E-state index in [4.69, 9.17) is 35.3 Å². The highest BCUT2D eigenvalue weighted by molar-refractivity contribution is 6.37. The van der Waals surface area contributed by atoms with Crippen molar-refractivity contribution >= 4 is 40.9 Å². The summed E-state index contributed by atoms with van der Waals surface area (Å²) in [5.74, 6) is -0.795. The summed E-state index contributed by atoms with van der Waals surface area (Å²) in [7, 11) is 3.07. The Balaban J connectivity index is 1.20. The van der Waals surface area contributed by atoms with Crippen LogP contribution < -0.4 is 29.7 Å². The van der Waals surface area contributed by atoms with Gasteiger partial charge in [0.15, 0.2) is 11.6 Å². The van der Waals surface area contributed by atoms with Gasteiger partial charge in [-0.25, -0.2) is 28.5 Å². The quantitative estimate of drug-likeness (QED) is 0.0857. The van der Waals surface area contributed by atoms with Crippen LogP contribution in [-0.2, 0) is 28.7 Å². The maximum atomic E-state index is 18.0. The summed E-state index contributed by atoms with van der Waals surface area (Å²) < 4.78 is 107. The number of aryl methyl sites for hydroxylation is 1. The lowest BCUT2D eigenvalue weighted by Crippen LogP contribution is -2.48. The fourth-order valence-electron chi connectivity index (χ4n) is 9.41. The second kappa shape index (κ2) is 18.0. The molecule has 2 saturated heterocycles. The summed E-state index contributed by atoms with van der Waals surface area (Å²) in [5.41, 5.74) is -2.60. The number of benzene rings is 3. The van der Waals surface area contributed by atoms with Gasteiger partial charge in [-0.2, -0.15) is 13.2 Å². The molecule has 0 radical (unpaired) electrons. The summed E-state index contributed by atoms with van der Waals surface area (Å²) in [6.45, 7) is 2.63. The fourth-order valence-corrected chi connectivity index (χ4v) is 9.75. The molecule has 1 amide bonds. The Morgan fingerprint density at radius 1 is 1.04 bits per heavy atom. The molecule has 68 heavy (non-hydrogen) atoms. The first-order chi connectivity index (χ1) is 32.5. The van der Waals surface area contributed by atoms with E-state index in [1.807, 2.05) is 24.3 Å². The maximum absolute atomic E-state index is 18.0. The first-order valence-corrected chi connectivity index (χ1v) is 21.8. The molecule has 5 aliphatic rings. The molecule has 356 valence electrons. The number of carboxylic acid groups (broad SMARTS) is 1. The molecule has 20 heteroatoms. The van der Waals surface area contributed by atoms with Crippen LogP contribution in [-0.4, -0.2) is 78.3 Å². The van der Waals surface area contributed by atoms with Crippen LogP contribution in [0.2, 0.25) is 5.02 Å². The molecule has 3 N–H and O–H groups in total. The molecule has 1 saturated carbocycles. The van der Waals surface area contributed by atoms with Crippen molar-refractivity contribution in [3.8, 4) is 28.5 Å². The number of ether oxygens (including phenoxy) is 5. The van der Waals surface area contributed by atoms with E-state index in [2.05, 4.69) is 25.6 Å². The van der Waals surface area contributed by atoms with Gasteiger partial charge in [0, 0.05) is 30.3 Å². The van der Waals surface area contributed by atoms with Gasteiger partial charge in [0.25, 0.3) is 0 Å². The van der Waals surface area contributed by atoms with Gasteiger partial charge in [0.05, 0.1) is 78.4 Å². The van der Waals surface area contributed by atoms with Crippen molar-refractivity contribution < 1.29 is 55.5 Å². The van der Waals surface area contributed by atoms with Crippen LogP contribution in [0.4, 0.5) is 44.1 Å². The van der Waals surface area contributed by atoms with Crippen molar-refractivity contribution in [3.63, 3.8) is 0 Å². The van der Waals surface area contributed by atoms with Crippen LogP contribution in [0.5, 0.6) is 17.2 Å². The van der Waals surface area contributed by atoms with E-state index in [0.29, 0.717) is 29.9 Å². The second-order valence-corrected chi connectivity index (χ2v) is 17.6. The van der Waals surface area contributed by atoms with Gasteiger partial charge in [-0.3, -0.25) is 5.32 Å². The van der Waals surface area contributed by atoms with Crippen molar-refractivity contribution in [3.05, 3.63) is 129 Å². The van der Waals surface area contributed by atoms with Gasteiger partial charge in [0.2, 0.25) is 0 Å². The van der Waals surface area contributed by atoms with Crippen LogP contribution in [0, 0.1) is 18.2 Å². The van der Waals surface area contributed by atoms with Crippen LogP contribution in [0.1, 0.15) is 59.2 Å². The Labute approximate surface area is 392 Å². The Hall–Kier alpha value is -6.86. The number of nitrogens with one attached hydrogen (secondary N) is 2. The third-order valence-electron chi connectivity index (χ3n) is 12.6. The second-order valence-electron chi connectivity index (χ2n) is 17.2.